The van der Waals surface area contributed by atoms with Gasteiger partial charge in [0.2, 0.25) is 0 Å². The van der Waals surface area contributed by atoms with Crippen molar-refractivity contribution in [3.05, 3.63) is 81.8 Å². The molecule has 1 aromatic carbocycles. The lowest BCUT2D eigenvalue weighted by Gasteiger charge is -2.36. The molecular weight excluding hydrogens is 464 g/mol. The van der Waals surface area contributed by atoms with Gasteiger partial charge in [0.15, 0.2) is 0 Å². The van der Waals surface area contributed by atoms with Crippen molar-refractivity contribution in [3.63, 3.8) is 0 Å². The molecule has 1 aliphatic carbocycles. The number of amides is 1. The Kier molecular flexibility index (Phi) is 7.62. The third-order valence-corrected chi connectivity index (χ3v) is 7.26. The van der Waals surface area contributed by atoms with Crippen LogP contribution in [0.5, 0.6) is 0 Å². The van der Waals surface area contributed by atoms with Crippen LogP contribution in [0.15, 0.2) is 65.1 Å². The van der Waals surface area contributed by atoms with Gasteiger partial charge < -0.3 is 10.2 Å². The third-order valence-electron chi connectivity index (χ3n) is 7.26. The summed E-state index contributed by atoms with van der Waals surface area (Å²) in [6.45, 7) is 3.90. The van der Waals surface area contributed by atoms with Gasteiger partial charge in [-0.25, -0.2) is 4.98 Å². The summed E-state index contributed by atoms with van der Waals surface area (Å²) >= 11 is 0. The molecule has 1 N–H and O–H groups in total. The highest BCUT2D eigenvalue weighted by Gasteiger charge is 2.24. The maximum absolute atomic E-state index is 13.6. The number of rotatable bonds is 6. The standard InChI is InChI=1S/C29H32N6O2/c30-20-23(28(36)31-24-11-5-2-6-12-24)19-25-27(32-26-13-7-8-14-35(26)29(25)37)34-17-15-33(16-18-34)21-22-9-3-1-4-10-22/h1,3-4,7-10,13-14,19,24H,2,5-6,11-12,15-18,21H2,(H,31,36)/b23-19+. The van der Waals surface area contributed by atoms with Crippen molar-refractivity contribution in [3.8, 4) is 6.07 Å². The van der Waals surface area contributed by atoms with E-state index in [4.69, 9.17) is 4.98 Å². The molecule has 5 rings (SSSR count). The minimum absolute atomic E-state index is 0.0654. The summed E-state index contributed by atoms with van der Waals surface area (Å²) in [5, 5.41) is 12.8. The van der Waals surface area contributed by atoms with E-state index >= 15 is 0 Å². The van der Waals surface area contributed by atoms with Crippen LogP contribution < -0.4 is 15.8 Å². The summed E-state index contributed by atoms with van der Waals surface area (Å²) in [5.41, 5.74) is 1.73. The fourth-order valence-electron chi connectivity index (χ4n) is 5.22. The molecule has 0 bridgehead atoms. The molecule has 0 atom stereocenters. The normalized spacial score (nSPS) is 17.5. The number of nitrogens with one attached hydrogen (secondary N) is 1. The quantitative estimate of drug-likeness (QED) is 0.415. The molecule has 3 heterocycles. The Labute approximate surface area is 216 Å². The molecule has 1 saturated heterocycles. The summed E-state index contributed by atoms with van der Waals surface area (Å²) in [5.74, 6) is 0.0966. The maximum Gasteiger partial charge on any atom is 0.267 e. The van der Waals surface area contributed by atoms with E-state index in [1.54, 1.807) is 18.3 Å². The Balaban J connectivity index is 1.43. The SMILES string of the molecule is N#C/C(=C\c1c(N2CCN(Cc3ccccc3)CC2)nc2ccccn2c1=O)C(=O)NC1CCCCC1. The molecule has 1 amide bonds. The second-order valence-electron chi connectivity index (χ2n) is 9.81. The number of hydrogen-bond acceptors (Lipinski definition) is 6. The van der Waals surface area contributed by atoms with Crippen molar-refractivity contribution in [2.45, 2.75) is 44.7 Å². The number of benzene rings is 1. The van der Waals surface area contributed by atoms with E-state index in [1.807, 2.05) is 30.3 Å². The van der Waals surface area contributed by atoms with Gasteiger partial charge in [-0.05, 0) is 36.6 Å². The molecule has 1 aliphatic heterocycles. The number of nitrogens with zero attached hydrogens (tertiary/aromatic N) is 5. The van der Waals surface area contributed by atoms with Gasteiger partial charge in [0.25, 0.3) is 11.5 Å². The largest absolute Gasteiger partial charge is 0.353 e. The number of nitriles is 1. The predicted octanol–water partition coefficient (Wildman–Crippen LogP) is 3.37. The lowest BCUT2D eigenvalue weighted by Crippen LogP contribution is -2.47. The van der Waals surface area contributed by atoms with Crippen LogP contribution in [0, 0.1) is 11.3 Å². The lowest BCUT2D eigenvalue weighted by atomic mass is 9.95. The van der Waals surface area contributed by atoms with Gasteiger partial charge in [-0.2, -0.15) is 5.26 Å². The summed E-state index contributed by atoms with van der Waals surface area (Å²) < 4.78 is 1.47. The molecule has 190 valence electrons. The van der Waals surface area contributed by atoms with E-state index in [1.165, 1.54) is 22.5 Å². The molecule has 0 radical (unpaired) electrons. The minimum atomic E-state index is -0.425. The fourth-order valence-corrected chi connectivity index (χ4v) is 5.22. The molecule has 2 fully saturated rings. The number of piperazine rings is 1. The first kappa shape index (κ1) is 24.7. The first-order valence-electron chi connectivity index (χ1n) is 13.1. The zero-order chi connectivity index (χ0) is 25.6. The van der Waals surface area contributed by atoms with E-state index in [2.05, 4.69) is 27.2 Å². The summed E-state index contributed by atoms with van der Waals surface area (Å²) in [6, 6.07) is 17.9. The minimum Gasteiger partial charge on any atom is -0.353 e. The molecule has 1 saturated carbocycles. The van der Waals surface area contributed by atoms with Crippen LogP contribution in [0.1, 0.15) is 43.2 Å². The van der Waals surface area contributed by atoms with E-state index in [0.717, 1.165) is 45.3 Å². The number of carbonyl (C=O) groups excluding carboxylic acids is 1. The number of carbonyl (C=O) groups is 1. The summed E-state index contributed by atoms with van der Waals surface area (Å²) in [6.07, 6.45) is 8.26. The van der Waals surface area contributed by atoms with Gasteiger partial charge in [-0.1, -0.05) is 55.7 Å². The van der Waals surface area contributed by atoms with Crippen molar-refractivity contribution in [1.82, 2.24) is 19.6 Å². The summed E-state index contributed by atoms with van der Waals surface area (Å²) in [4.78, 5) is 35.8. The average molecular weight is 497 g/mol. The highest BCUT2D eigenvalue weighted by molar-refractivity contribution is 6.02. The van der Waals surface area contributed by atoms with E-state index < -0.39 is 5.91 Å². The van der Waals surface area contributed by atoms with Crippen LogP contribution in [0.3, 0.4) is 0 Å². The smallest absolute Gasteiger partial charge is 0.267 e. The van der Waals surface area contributed by atoms with Crippen LogP contribution in [0.4, 0.5) is 5.82 Å². The van der Waals surface area contributed by atoms with E-state index in [0.29, 0.717) is 24.6 Å². The van der Waals surface area contributed by atoms with Gasteiger partial charge in [0, 0.05) is 45.0 Å². The highest BCUT2D eigenvalue weighted by atomic mass is 16.2. The number of pyridine rings is 1. The van der Waals surface area contributed by atoms with Gasteiger partial charge in [0.1, 0.15) is 23.1 Å². The monoisotopic (exact) mass is 496 g/mol. The summed E-state index contributed by atoms with van der Waals surface area (Å²) in [7, 11) is 0. The van der Waals surface area contributed by atoms with Gasteiger partial charge in [0.05, 0.1) is 5.56 Å². The molecule has 0 unspecified atom stereocenters. The highest BCUT2D eigenvalue weighted by Crippen LogP contribution is 2.22. The van der Waals surface area contributed by atoms with E-state index in [9.17, 15) is 14.9 Å². The number of anilines is 1. The Morgan fingerprint density at radius 1 is 1.03 bits per heavy atom. The molecule has 37 heavy (non-hydrogen) atoms. The topological polar surface area (TPSA) is 93.7 Å². The van der Waals surface area contributed by atoms with Crippen molar-refractivity contribution in [2.75, 3.05) is 31.1 Å². The molecule has 3 aromatic rings. The molecule has 0 spiro atoms. The van der Waals surface area contributed by atoms with Crippen LogP contribution in [-0.4, -0.2) is 52.4 Å². The van der Waals surface area contributed by atoms with Gasteiger partial charge >= 0.3 is 0 Å². The Bertz CT molecular complexity index is 1380. The fraction of sp³-hybridized carbons (Fsp3) is 0.379. The zero-order valence-electron chi connectivity index (χ0n) is 21.0. The van der Waals surface area contributed by atoms with Gasteiger partial charge in [-0.15, -0.1) is 0 Å². The number of hydrogen-bond donors (Lipinski definition) is 1. The number of fused-ring (bicyclic) bond motifs is 1. The van der Waals surface area contributed by atoms with Gasteiger partial charge in [-0.3, -0.25) is 18.9 Å². The Morgan fingerprint density at radius 2 is 1.76 bits per heavy atom. The van der Waals surface area contributed by atoms with Crippen molar-refractivity contribution < 1.29 is 4.79 Å². The van der Waals surface area contributed by atoms with Crippen LogP contribution in [0.2, 0.25) is 0 Å². The van der Waals surface area contributed by atoms with Crippen LogP contribution in [-0.2, 0) is 11.3 Å². The predicted molar refractivity (Wildman–Crippen MR) is 144 cm³/mol. The first-order valence-corrected chi connectivity index (χ1v) is 13.1. The maximum atomic E-state index is 13.6. The van der Waals surface area contributed by atoms with E-state index in [-0.39, 0.29) is 22.7 Å². The van der Waals surface area contributed by atoms with Crippen molar-refractivity contribution in [1.29, 1.82) is 5.26 Å². The molecule has 2 aliphatic rings. The molecule has 8 heteroatoms. The second kappa shape index (κ2) is 11.4. The van der Waals surface area contributed by atoms with Crippen LogP contribution >= 0.6 is 0 Å². The lowest BCUT2D eigenvalue weighted by molar-refractivity contribution is -0.117. The van der Waals surface area contributed by atoms with Crippen LogP contribution in [0.25, 0.3) is 11.7 Å². The zero-order valence-corrected chi connectivity index (χ0v) is 21.0. The van der Waals surface area contributed by atoms with Crippen molar-refractivity contribution >= 4 is 23.4 Å². The van der Waals surface area contributed by atoms with Crippen molar-refractivity contribution in [2.24, 2.45) is 0 Å². The number of aromatic nitrogens is 2. The third kappa shape index (κ3) is 5.73. The molecular formula is C29H32N6O2. The first-order chi connectivity index (χ1) is 18.1. The molecule has 8 nitrogen and oxygen atoms in total. The second-order valence-corrected chi connectivity index (χ2v) is 9.81. The molecule has 2 aromatic heterocycles. The Morgan fingerprint density at radius 3 is 2.49 bits per heavy atom. The Hall–Kier alpha value is -3.96. The average Bonchev–Trinajstić information content (AvgIpc) is 2.94.